The second-order valence-corrected chi connectivity index (χ2v) is 8.79. The van der Waals surface area contributed by atoms with Crippen LogP contribution in [0.4, 0.5) is 5.69 Å². The summed E-state index contributed by atoms with van der Waals surface area (Å²) in [5.41, 5.74) is 9.72. The average molecular weight is 421 g/mol. The van der Waals surface area contributed by atoms with Gasteiger partial charge >= 0.3 is 0 Å². The maximum atomic E-state index is 12.7. The van der Waals surface area contributed by atoms with Crippen molar-refractivity contribution < 1.29 is 14.4 Å². The van der Waals surface area contributed by atoms with Gasteiger partial charge in [-0.15, -0.1) is 0 Å². The van der Waals surface area contributed by atoms with Gasteiger partial charge < -0.3 is 15.8 Å². The maximum Gasteiger partial charge on any atom is 0.223 e. The van der Waals surface area contributed by atoms with Crippen LogP contribution in [0.25, 0.3) is 11.1 Å². The Kier molecular flexibility index (Phi) is 7.26. The van der Waals surface area contributed by atoms with E-state index in [1.165, 1.54) is 0 Å². The summed E-state index contributed by atoms with van der Waals surface area (Å²) >= 11 is 0. The molecule has 2 aromatic rings. The standard InChI is InChI=1S/C26H32N2O3/c1-16(29)5-4-6-23(18(3)30)24-15-25(24)26(31)28-17(2)19-7-9-20(10-8-19)21-11-13-22(27)14-12-21/h7-14,17,23-25H,4-6,15,27H2,1-3H3,(H,28,31). The SMILES string of the molecule is CC(=O)CCCC(C(C)=O)C1CC1C(=O)NC(C)c1ccc(-c2ccc(N)cc2)cc1. The first-order valence-electron chi connectivity index (χ1n) is 11.0. The van der Waals surface area contributed by atoms with Crippen molar-refractivity contribution in [3.8, 4) is 11.1 Å². The van der Waals surface area contributed by atoms with E-state index in [1.54, 1.807) is 13.8 Å². The minimum Gasteiger partial charge on any atom is -0.399 e. The van der Waals surface area contributed by atoms with Crippen LogP contribution in [0.2, 0.25) is 0 Å². The van der Waals surface area contributed by atoms with Crippen LogP contribution in [-0.4, -0.2) is 17.5 Å². The summed E-state index contributed by atoms with van der Waals surface area (Å²) in [5.74, 6) is 0.147. The first-order chi connectivity index (χ1) is 14.8. The summed E-state index contributed by atoms with van der Waals surface area (Å²) in [6.07, 6.45) is 2.64. The molecule has 164 valence electrons. The van der Waals surface area contributed by atoms with Gasteiger partial charge in [-0.2, -0.15) is 0 Å². The lowest BCUT2D eigenvalue weighted by atomic mass is 9.91. The van der Waals surface area contributed by atoms with Gasteiger partial charge in [-0.05, 0) is 74.8 Å². The summed E-state index contributed by atoms with van der Waals surface area (Å²) in [6, 6.07) is 15.8. The van der Waals surface area contributed by atoms with E-state index >= 15 is 0 Å². The largest absolute Gasteiger partial charge is 0.399 e. The molecule has 0 saturated heterocycles. The van der Waals surface area contributed by atoms with Crippen molar-refractivity contribution in [2.75, 3.05) is 5.73 Å². The van der Waals surface area contributed by atoms with E-state index in [1.807, 2.05) is 55.5 Å². The number of carbonyl (C=O) groups is 3. The normalized spacial score (nSPS) is 19.3. The Morgan fingerprint density at radius 3 is 2.13 bits per heavy atom. The molecular weight excluding hydrogens is 388 g/mol. The number of nitrogen functional groups attached to an aromatic ring is 1. The number of hydrogen-bond acceptors (Lipinski definition) is 4. The minimum atomic E-state index is -0.121. The Bertz CT molecular complexity index is 934. The molecule has 0 aromatic heterocycles. The van der Waals surface area contributed by atoms with Crippen molar-refractivity contribution in [2.24, 2.45) is 17.8 Å². The Labute approximate surface area is 184 Å². The number of nitrogens with two attached hydrogens (primary N) is 1. The second kappa shape index (κ2) is 9.90. The summed E-state index contributed by atoms with van der Waals surface area (Å²) in [7, 11) is 0. The Balaban J connectivity index is 1.55. The molecule has 1 saturated carbocycles. The molecule has 1 fully saturated rings. The number of anilines is 1. The van der Waals surface area contributed by atoms with Gasteiger partial charge in [-0.25, -0.2) is 0 Å². The Hall–Kier alpha value is -2.95. The molecule has 4 atom stereocenters. The number of ketones is 2. The summed E-state index contributed by atoms with van der Waals surface area (Å²) < 4.78 is 0. The second-order valence-electron chi connectivity index (χ2n) is 8.79. The maximum absolute atomic E-state index is 12.7. The molecule has 31 heavy (non-hydrogen) atoms. The van der Waals surface area contributed by atoms with Crippen LogP contribution in [0.15, 0.2) is 48.5 Å². The quantitative estimate of drug-likeness (QED) is 0.545. The molecule has 0 radical (unpaired) electrons. The molecule has 3 N–H and O–H groups in total. The third-order valence-corrected chi connectivity index (χ3v) is 6.27. The van der Waals surface area contributed by atoms with Gasteiger partial charge in [0, 0.05) is 23.9 Å². The van der Waals surface area contributed by atoms with Crippen molar-refractivity contribution in [1.29, 1.82) is 0 Å². The molecule has 1 amide bonds. The smallest absolute Gasteiger partial charge is 0.223 e. The highest BCUT2D eigenvalue weighted by molar-refractivity contribution is 5.85. The van der Waals surface area contributed by atoms with E-state index in [0.29, 0.717) is 19.3 Å². The average Bonchev–Trinajstić information content (AvgIpc) is 3.52. The Morgan fingerprint density at radius 1 is 1.00 bits per heavy atom. The van der Waals surface area contributed by atoms with Gasteiger partial charge in [-0.1, -0.05) is 36.4 Å². The van der Waals surface area contributed by atoms with E-state index in [-0.39, 0.29) is 41.3 Å². The first kappa shape index (κ1) is 22.7. The highest BCUT2D eigenvalue weighted by Gasteiger charge is 2.48. The number of rotatable bonds is 10. The molecule has 0 bridgehead atoms. The Morgan fingerprint density at radius 2 is 1.58 bits per heavy atom. The monoisotopic (exact) mass is 420 g/mol. The fraction of sp³-hybridized carbons (Fsp3) is 0.423. The van der Waals surface area contributed by atoms with Crippen LogP contribution in [0.3, 0.4) is 0 Å². The molecule has 0 aliphatic heterocycles. The van der Waals surface area contributed by atoms with Crippen molar-refractivity contribution in [2.45, 2.75) is 52.5 Å². The third-order valence-electron chi connectivity index (χ3n) is 6.27. The van der Waals surface area contributed by atoms with Crippen LogP contribution in [0, 0.1) is 17.8 Å². The number of amides is 1. The van der Waals surface area contributed by atoms with Gasteiger partial charge in [0.25, 0.3) is 0 Å². The van der Waals surface area contributed by atoms with Crippen LogP contribution in [-0.2, 0) is 14.4 Å². The van der Waals surface area contributed by atoms with E-state index in [2.05, 4.69) is 5.32 Å². The predicted octanol–water partition coefficient (Wildman–Crippen LogP) is 4.71. The number of Topliss-reactive ketones (excluding diaryl/α,β-unsaturated/α-hetero) is 2. The minimum absolute atomic E-state index is 0.0120. The summed E-state index contributed by atoms with van der Waals surface area (Å²) in [6.45, 7) is 5.14. The molecule has 5 nitrogen and oxygen atoms in total. The molecule has 0 heterocycles. The topological polar surface area (TPSA) is 89.3 Å². The number of hydrogen-bond donors (Lipinski definition) is 2. The zero-order chi connectivity index (χ0) is 22.5. The fourth-order valence-corrected chi connectivity index (χ4v) is 4.29. The van der Waals surface area contributed by atoms with Gasteiger partial charge in [-0.3, -0.25) is 9.59 Å². The molecule has 1 aliphatic carbocycles. The van der Waals surface area contributed by atoms with E-state index < -0.39 is 0 Å². The molecular formula is C26H32N2O3. The number of nitrogens with one attached hydrogen (secondary N) is 1. The molecule has 0 spiro atoms. The van der Waals surface area contributed by atoms with Gasteiger partial charge in [0.1, 0.15) is 11.6 Å². The molecule has 2 aromatic carbocycles. The third kappa shape index (κ3) is 6.03. The van der Waals surface area contributed by atoms with Gasteiger partial charge in [0.05, 0.1) is 6.04 Å². The highest BCUT2D eigenvalue weighted by atomic mass is 16.2. The fourth-order valence-electron chi connectivity index (χ4n) is 4.29. The number of benzene rings is 2. The first-order valence-corrected chi connectivity index (χ1v) is 11.0. The summed E-state index contributed by atoms with van der Waals surface area (Å²) in [4.78, 5) is 36.0. The van der Waals surface area contributed by atoms with Crippen LogP contribution >= 0.6 is 0 Å². The lowest BCUT2D eigenvalue weighted by Crippen LogP contribution is -2.29. The molecule has 3 rings (SSSR count). The lowest BCUT2D eigenvalue weighted by molar-refractivity contribution is -0.124. The van der Waals surface area contributed by atoms with E-state index in [9.17, 15) is 14.4 Å². The number of carbonyl (C=O) groups excluding carboxylic acids is 3. The van der Waals surface area contributed by atoms with E-state index in [4.69, 9.17) is 5.73 Å². The van der Waals surface area contributed by atoms with Crippen molar-refractivity contribution in [1.82, 2.24) is 5.32 Å². The van der Waals surface area contributed by atoms with Crippen molar-refractivity contribution >= 4 is 23.2 Å². The zero-order valence-corrected chi connectivity index (χ0v) is 18.6. The summed E-state index contributed by atoms with van der Waals surface area (Å²) in [5, 5.41) is 3.10. The molecule has 5 heteroatoms. The van der Waals surface area contributed by atoms with Crippen molar-refractivity contribution in [3.05, 3.63) is 54.1 Å². The van der Waals surface area contributed by atoms with Crippen LogP contribution < -0.4 is 11.1 Å². The zero-order valence-electron chi connectivity index (χ0n) is 18.6. The molecule has 4 unspecified atom stereocenters. The van der Waals surface area contributed by atoms with Crippen LogP contribution in [0.1, 0.15) is 58.1 Å². The predicted molar refractivity (Wildman–Crippen MR) is 123 cm³/mol. The molecule has 1 aliphatic rings. The van der Waals surface area contributed by atoms with Gasteiger partial charge in [0.15, 0.2) is 0 Å². The van der Waals surface area contributed by atoms with Crippen LogP contribution in [0.5, 0.6) is 0 Å². The van der Waals surface area contributed by atoms with Crippen molar-refractivity contribution in [3.63, 3.8) is 0 Å². The lowest BCUT2D eigenvalue weighted by Gasteiger charge is -2.17. The highest BCUT2D eigenvalue weighted by Crippen LogP contribution is 2.47. The van der Waals surface area contributed by atoms with E-state index in [0.717, 1.165) is 28.8 Å². The van der Waals surface area contributed by atoms with Gasteiger partial charge in [0.2, 0.25) is 5.91 Å².